The normalized spacial score (nSPS) is 13.8. The third-order valence-electron chi connectivity index (χ3n) is 3.49. The molecule has 0 aliphatic carbocycles. The molecule has 122 valence electrons. The quantitative estimate of drug-likeness (QED) is 0.777. The zero-order chi connectivity index (χ0) is 16.2. The van der Waals surface area contributed by atoms with Crippen LogP contribution in [-0.2, 0) is 17.9 Å². The van der Waals surface area contributed by atoms with Gasteiger partial charge in [0.05, 0.1) is 15.7 Å². The number of nitrogens with one attached hydrogen (secondary N) is 2. The zero-order valence-electron chi connectivity index (χ0n) is 12.7. The smallest absolute Gasteiger partial charge is 0.275 e. The van der Waals surface area contributed by atoms with Crippen molar-refractivity contribution in [1.82, 2.24) is 5.32 Å². The number of halogens is 1. The monoisotopic (exact) mass is 397 g/mol. The van der Waals surface area contributed by atoms with E-state index in [1.54, 1.807) is 11.3 Å². The molecule has 0 fully saturated rings. The molecule has 3 rings (SSSR count). The maximum Gasteiger partial charge on any atom is 0.275 e. The van der Waals surface area contributed by atoms with Crippen LogP contribution in [0, 0.1) is 0 Å². The van der Waals surface area contributed by atoms with Crippen LogP contribution in [0.2, 0.25) is 0 Å². The Morgan fingerprint density at radius 1 is 1.30 bits per heavy atom. The van der Waals surface area contributed by atoms with E-state index in [2.05, 4.69) is 27.3 Å². The Hall–Kier alpha value is -1.57. The number of fused-ring (bicyclic) bond motifs is 1. The first kappa shape index (κ1) is 16.3. The zero-order valence-corrected chi connectivity index (χ0v) is 15.1. The molecule has 0 saturated carbocycles. The van der Waals surface area contributed by atoms with Gasteiger partial charge in [-0.15, -0.1) is 11.3 Å². The summed E-state index contributed by atoms with van der Waals surface area (Å²) in [6, 6.07) is 9.83. The van der Waals surface area contributed by atoms with Crippen molar-refractivity contribution >= 4 is 33.2 Å². The summed E-state index contributed by atoms with van der Waals surface area (Å²) in [5.41, 5.74) is 1.00. The fourth-order valence-electron chi connectivity index (χ4n) is 2.39. The van der Waals surface area contributed by atoms with Gasteiger partial charge in [0.1, 0.15) is 6.54 Å². The Morgan fingerprint density at radius 3 is 2.91 bits per heavy atom. The number of hydrogen-bond donors (Lipinski definition) is 2. The van der Waals surface area contributed by atoms with E-state index in [1.165, 1.54) is 4.88 Å². The minimum atomic E-state index is 0.0378. The number of likely N-dealkylation sites (N-methyl/N-ethyl adjacent to an activating group) is 1. The molecule has 1 amide bonds. The lowest BCUT2D eigenvalue weighted by Crippen LogP contribution is -3.08. The molecule has 1 aliphatic rings. The van der Waals surface area contributed by atoms with E-state index in [4.69, 9.17) is 9.47 Å². The van der Waals surface area contributed by atoms with Crippen LogP contribution in [0.1, 0.15) is 10.4 Å². The van der Waals surface area contributed by atoms with Crippen LogP contribution in [0.25, 0.3) is 0 Å². The Kier molecular flexibility index (Phi) is 5.20. The molecule has 1 aromatic heterocycles. The average molecular weight is 398 g/mol. The van der Waals surface area contributed by atoms with Gasteiger partial charge in [-0.25, -0.2) is 0 Å². The highest BCUT2D eigenvalue weighted by Crippen LogP contribution is 2.32. The van der Waals surface area contributed by atoms with Crippen LogP contribution in [0.4, 0.5) is 0 Å². The molecule has 0 bridgehead atoms. The standard InChI is InChI=1S/C16H17BrN2O3S/c1-19(8-12-3-5-15(17)23-12)9-16(20)18-7-11-2-4-13-14(6-11)22-10-21-13/h2-6H,7-10H2,1H3,(H,18,20)/p+1. The van der Waals surface area contributed by atoms with Gasteiger partial charge in [-0.05, 0) is 45.8 Å². The number of amides is 1. The third kappa shape index (κ3) is 4.46. The van der Waals surface area contributed by atoms with Crippen molar-refractivity contribution in [1.29, 1.82) is 0 Å². The number of ether oxygens (including phenoxy) is 2. The largest absolute Gasteiger partial charge is 0.454 e. The highest BCUT2D eigenvalue weighted by Gasteiger charge is 2.15. The van der Waals surface area contributed by atoms with Crippen molar-refractivity contribution in [2.75, 3.05) is 20.4 Å². The number of thiophene rings is 1. The second-order valence-corrected chi connectivity index (χ2v) is 8.03. The molecule has 0 saturated heterocycles. The molecular weight excluding hydrogens is 380 g/mol. The number of benzene rings is 1. The highest BCUT2D eigenvalue weighted by molar-refractivity contribution is 9.11. The lowest BCUT2D eigenvalue weighted by Gasteiger charge is -2.13. The first-order valence-electron chi connectivity index (χ1n) is 7.31. The van der Waals surface area contributed by atoms with Crippen LogP contribution >= 0.6 is 27.3 Å². The van der Waals surface area contributed by atoms with E-state index in [0.717, 1.165) is 32.3 Å². The van der Waals surface area contributed by atoms with Gasteiger partial charge in [-0.2, -0.15) is 0 Å². The van der Waals surface area contributed by atoms with Crippen LogP contribution in [0.5, 0.6) is 11.5 Å². The highest BCUT2D eigenvalue weighted by atomic mass is 79.9. The van der Waals surface area contributed by atoms with E-state index in [0.29, 0.717) is 13.1 Å². The minimum Gasteiger partial charge on any atom is -0.454 e. The molecule has 2 N–H and O–H groups in total. The summed E-state index contributed by atoms with van der Waals surface area (Å²) in [7, 11) is 2.02. The van der Waals surface area contributed by atoms with Gasteiger partial charge in [0.2, 0.25) is 6.79 Å². The second-order valence-electron chi connectivity index (χ2n) is 5.48. The topological polar surface area (TPSA) is 52.0 Å². The van der Waals surface area contributed by atoms with E-state index < -0.39 is 0 Å². The molecule has 1 unspecified atom stereocenters. The third-order valence-corrected chi connectivity index (χ3v) is 5.12. The molecular formula is C16H18BrN2O3S+. The van der Waals surface area contributed by atoms with E-state index in [-0.39, 0.29) is 12.7 Å². The van der Waals surface area contributed by atoms with Crippen molar-refractivity contribution < 1.29 is 19.2 Å². The average Bonchev–Trinajstić information content (AvgIpc) is 3.13. The SMILES string of the molecule is C[NH+](CC(=O)NCc1ccc2c(c1)OCO2)Cc1ccc(Br)s1. The summed E-state index contributed by atoms with van der Waals surface area (Å²) >= 11 is 5.16. The van der Waals surface area contributed by atoms with Gasteiger partial charge in [-0.1, -0.05) is 6.07 Å². The van der Waals surface area contributed by atoms with Crippen molar-refractivity contribution in [2.24, 2.45) is 0 Å². The molecule has 1 atom stereocenters. The molecule has 7 heteroatoms. The Labute approximate surface area is 147 Å². The first-order chi connectivity index (χ1) is 11.1. The maximum absolute atomic E-state index is 12.1. The van der Waals surface area contributed by atoms with Crippen LogP contribution < -0.4 is 19.7 Å². The number of carbonyl (C=O) groups excluding carboxylic acids is 1. The Morgan fingerprint density at radius 2 is 2.13 bits per heavy atom. The Bertz CT molecular complexity index is 704. The van der Waals surface area contributed by atoms with Crippen molar-refractivity contribution in [2.45, 2.75) is 13.1 Å². The second kappa shape index (κ2) is 7.33. The Balaban J connectivity index is 1.45. The molecule has 1 aliphatic heterocycles. The van der Waals surface area contributed by atoms with Gasteiger partial charge in [0.25, 0.3) is 5.91 Å². The molecule has 2 aromatic rings. The van der Waals surface area contributed by atoms with Crippen molar-refractivity contribution in [3.05, 3.63) is 44.6 Å². The molecule has 0 radical (unpaired) electrons. The lowest BCUT2D eigenvalue weighted by molar-refractivity contribution is -0.885. The van der Waals surface area contributed by atoms with Crippen LogP contribution in [-0.4, -0.2) is 26.3 Å². The van der Waals surface area contributed by atoms with Crippen LogP contribution in [0.3, 0.4) is 0 Å². The maximum atomic E-state index is 12.1. The number of carbonyl (C=O) groups is 1. The summed E-state index contributed by atoms with van der Waals surface area (Å²) in [6.07, 6.45) is 0. The summed E-state index contributed by atoms with van der Waals surface area (Å²) < 4.78 is 11.7. The van der Waals surface area contributed by atoms with Crippen molar-refractivity contribution in [3.8, 4) is 11.5 Å². The molecule has 0 spiro atoms. The van der Waals surface area contributed by atoms with Gasteiger partial charge < -0.3 is 19.7 Å². The molecule has 5 nitrogen and oxygen atoms in total. The van der Waals surface area contributed by atoms with Gasteiger partial charge in [0, 0.05) is 6.54 Å². The van der Waals surface area contributed by atoms with E-state index in [9.17, 15) is 4.79 Å². The minimum absolute atomic E-state index is 0.0378. The molecule has 23 heavy (non-hydrogen) atoms. The lowest BCUT2D eigenvalue weighted by atomic mass is 10.2. The fraction of sp³-hybridized carbons (Fsp3) is 0.312. The number of rotatable bonds is 6. The number of quaternary nitrogens is 1. The summed E-state index contributed by atoms with van der Waals surface area (Å²) in [6.45, 7) is 2.04. The van der Waals surface area contributed by atoms with E-state index in [1.807, 2.05) is 31.3 Å². The molecule has 2 heterocycles. The first-order valence-corrected chi connectivity index (χ1v) is 8.92. The van der Waals surface area contributed by atoms with Crippen molar-refractivity contribution in [3.63, 3.8) is 0 Å². The fourth-order valence-corrected chi connectivity index (χ4v) is 3.99. The van der Waals surface area contributed by atoms with E-state index >= 15 is 0 Å². The van der Waals surface area contributed by atoms with Gasteiger partial charge in [-0.3, -0.25) is 4.79 Å². The van der Waals surface area contributed by atoms with Gasteiger partial charge >= 0.3 is 0 Å². The predicted octanol–water partition coefficient (Wildman–Crippen LogP) is 1.57. The van der Waals surface area contributed by atoms with Crippen LogP contribution in [0.15, 0.2) is 34.1 Å². The molecule has 1 aromatic carbocycles. The predicted molar refractivity (Wildman–Crippen MR) is 91.9 cm³/mol. The summed E-state index contributed by atoms with van der Waals surface area (Å²) in [5.74, 6) is 1.53. The summed E-state index contributed by atoms with van der Waals surface area (Å²) in [4.78, 5) is 14.5. The number of hydrogen-bond acceptors (Lipinski definition) is 4. The van der Waals surface area contributed by atoms with Gasteiger partial charge in [0.15, 0.2) is 18.0 Å². The summed E-state index contributed by atoms with van der Waals surface area (Å²) in [5, 5.41) is 2.95.